The third kappa shape index (κ3) is 5.24. The van der Waals surface area contributed by atoms with Crippen LogP contribution in [0.25, 0.3) is 0 Å². The largest absolute Gasteiger partial charge is 0.462 e. The van der Waals surface area contributed by atoms with Gasteiger partial charge < -0.3 is 25.0 Å². The molecule has 4 aliphatic rings. The molecule has 1 amide bonds. The van der Waals surface area contributed by atoms with Gasteiger partial charge in [0, 0.05) is 10.1 Å². The van der Waals surface area contributed by atoms with Crippen molar-refractivity contribution in [1.29, 1.82) is 0 Å². The van der Waals surface area contributed by atoms with Gasteiger partial charge in [-0.2, -0.15) is 0 Å². The molecule has 4 saturated carbocycles. The number of rotatable bonds is 9. The number of nitrogens with one attached hydrogen (secondary N) is 1. The summed E-state index contributed by atoms with van der Waals surface area (Å²) in [6.07, 6.45) is 5.33. The lowest BCUT2D eigenvalue weighted by molar-refractivity contribution is -0.149. The zero-order chi connectivity index (χ0) is 25.5. The summed E-state index contributed by atoms with van der Waals surface area (Å²) in [6.45, 7) is 3.58. The number of halogens is 1. The first-order valence-electron chi connectivity index (χ1n) is 13.0. The van der Waals surface area contributed by atoms with Crippen LogP contribution < -0.4 is 14.8 Å². The van der Waals surface area contributed by atoms with E-state index in [0.717, 1.165) is 24.8 Å². The third-order valence-corrected chi connectivity index (χ3v) is 9.02. The van der Waals surface area contributed by atoms with Crippen molar-refractivity contribution in [3.05, 3.63) is 57.2 Å². The molecule has 2 aromatic carbocycles. The van der Waals surface area contributed by atoms with E-state index in [0.29, 0.717) is 36.3 Å². The summed E-state index contributed by atoms with van der Waals surface area (Å²) in [5.74, 6) is 2.22. The first kappa shape index (κ1) is 25.8. The molecule has 36 heavy (non-hydrogen) atoms. The number of hydrogen-bond donors (Lipinski definition) is 3. The molecule has 194 valence electrons. The summed E-state index contributed by atoms with van der Waals surface area (Å²) >= 11 is 2.36. The van der Waals surface area contributed by atoms with Crippen molar-refractivity contribution in [3.63, 3.8) is 0 Å². The first-order valence-corrected chi connectivity index (χ1v) is 14.1. The highest BCUT2D eigenvalue weighted by molar-refractivity contribution is 14.1. The van der Waals surface area contributed by atoms with Crippen molar-refractivity contribution in [1.82, 2.24) is 5.32 Å². The van der Waals surface area contributed by atoms with Crippen LogP contribution in [-0.2, 0) is 16.6 Å². The van der Waals surface area contributed by atoms with Crippen LogP contribution in [0, 0.1) is 20.8 Å². The molecule has 4 fully saturated rings. The highest BCUT2D eigenvalue weighted by Gasteiger charge is 2.60. The van der Waals surface area contributed by atoms with Crippen LogP contribution >= 0.6 is 22.6 Å². The fourth-order valence-electron chi connectivity index (χ4n) is 7.44. The predicted octanol–water partition coefficient (Wildman–Crippen LogP) is 4.92. The van der Waals surface area contributed by atoms with Crippen LogP contribution in [0.15, 0.2) is 42.5 Å². The van der Waals surface area contributed by atoms with Crippen molar-refractivity contribution in [2.45, 2.75) is 76.8 Å². The lowest BCUT2D eigenvalue weighted by Gasteiger charge is -2.61. The van der Waals surface area contributed by atoms with E-state index in [1.54, 1.807) is 12.1 Å². The van der Waals surface area contributed by atoms with E-state index < -0.39 is 12.6 Å². The van der Waals surface area contributed by atoms with E-state index in [-0.39, 0.29) is 16.7 Å². The Labute approximate surface area is 226 Å². The molecule has 0 aliphatic heterocycles. The second-order valence-electron chi connectivity index (χ2n) is 11.2. The van der Waals surface area contributed by atoms with Gasteiger partial charge in [0.2, 0.25) is 5.91 Å². The minimum atomic E-state index is -1.01. The van der Waals surface area contributed by atoms with Crippen LogP contribution in [-0.4, -0.2) is 35.2 Å². The average Bonchev–Trinajstić information content (AvgIpc) is 2.79. The number of hydrogen-bond acceptors (Lipinski definition) is 5. The highest BCUT2D eigenvalue weighted by Crippen LogP contribution is 2.65. The Balaban J connectivity index is 1.27. The molecular formula is C29H36INO5. The number of benzene rings is 2. The number of carbonyl (C=O) groups excluding carboxylic acids is 1. The minimum Gasteiger partial charge on any atom is -0.462 e. The second kappa shape index (κ2) is 10.1. The smallest absolute Gasteiger partial charge is 0.226 e. The van der Waals surface area contributed by atoms with Gasteiger partial charge in [-0.05, 0) is 134 Å². The van der Waals surface area contributed by atoms with Crippen LogP contribution in [0.1, 0.15) is 63.5 Å². The molecule has 0 saturated heterocycles. The molecule has 4 atom stereocenters. The maximum absolute atomic E-state index is 13.7. The van der Waals surface area contributed by atoms with Crippen LogP contribution in [0.4, 0.5) is 0 Å². The van der Waals surface area contributed by atoms with Crippen molar-refractivity contribution < 1.29 is 24.5 Å². The molecular weight excluding hydrogens is 569 g/mol. The van der Waals surface area contributed by atoms with Gasteiger partial charge in [-0.1, -0.05) is 18.2 Å². The van der Waals surface area contributed by atoms with Crippen molar-refractivity contribution >= 4 is 28.5 Å². The van der Waals surface area contributed by atoms with Crippen molar-refractivity contribution in [2.75, 3.05) is 6.54 Å². The highest BCUT2D eigenvalue weighted by atomic mass is 127. The van der Waals surface area contributed by atoms with E-state index in [1.165, 1.54) is 42.2 Å². The molecule has 3 N–H and O–H groups in total. The van der Waals surface area contributed by atoms with Crippen molar-refractivity contribution in [2.24, 2.45) is 17.3 Å². The van der Waals surface area contributed by atoms with Gasteiger partial charge in [-0.15, -0.1) is 0 Å². The van der Waals surface area contributed by atoms with Gasteiger partial charge in [-0.3, -0.25) is 4.79 Å². The van der Waals surface area contributed by atoms with E-state index in [9.17, 15) is 15.0 Å². The van der Waals surface area contributed by atoms with Crippen molar-refractivity contribution in [3.8, 4) is 11.5 Å². The Hall–Kier alpha value is -1.84. The van der Waals surface area contributed by atoms with E-state index in [1.807, 2.05) is 6.07 Å². The number of aliphatic hydroxyl groups excluding tert-OH is 2. The minimum absolute atomic E-state index is 0.138. The molecule has 6 rings (SSSR count). The van der Waals surface area contributed by atoms with Gasteiger partial charge in [0.15, 0.2) is 24.1 Å². The zero-order valence-corrected chi connectivity index (χ0v) is 23.2. The molecule has 0 aromatic heterocycles. The Morgan fingerprint density at radius 2 is 1.64 bits per heavy atom. The molecule has 4 bridgehead atoms. The summed E-state index contributed by atoms with van der Waals surface area (Å²) in [5, 5.41) is 22.5. The molecule has 7 heteroatoms. The maximum atomic E-state index is 13.7. The predicted molar refractivity (Wildman–Crippen MR) is 146 cm³/mol. The van der Waals surface area contributed by atoms with Crippen LogP contribution in [0.5, 0.6) is 11.5 Å². The normalized spacial score (nSPS) is 30.0. The molecule has 2 aromatic rings. The van der Waals surface area contributed by atoms with E-state index in [2.05, 4.69) is 52.2 Å². The quantitative estimate of drug-likeness (QED) is 0.279. The summed E-state index contributed by atoms with van der Waals surface area (Å²) in [5.41, 5.74) is 2.26. The Kier molecular flexibility index (Phi) is 7.26. The maximum Gasteiger partial charge on any atom is 0.226 e. The molecule has 0 heterocycles. The van der Waals surface area contributed by atoms with Crippen LogP contribution in [0.3, 0.4) is 0 Å². The molecule has 4 unspecified atom stereocenters. The summed E-state index contributed by atoms with van der Waals surface area (Å²) in [4.78, 5) is 13.7. The Bertz CT molecular complexity index is 1090. The van der Waals surface area contributed by atoms with Gasteiger partial charge in [-0.25, -0.2) is 0 Å². The first-order chi connectivity index (χ1) is 17.2. The van der Waals surface area contributed by atoms with Gasteiger partial charge in [0.25, 0.3) is 0 Å². The topological polar surface area (TPSA) is 88.0 Å². The molecule has 0 spiro atoms. The summed E-state index contributed by atoms with van der Waals surface area (Å²) < 4.78 is 12.1. The monoisotopic (exact) mass is 605 g/mol. The number of ether oxygens (including phenoxy) is 2. The number of aliphatic hydroxyl groups is 2. The average molecular weight is 606 g/mol. The Morgan fingerprint density at radius 1 is 1.00 bits per heavy atom. The van der Waals surface area contributed by atoms with Gasteiger partial charge in [0.1, 0.15) is 0 Å². The molecule has 4 aliphatic carbocycles. The van der Waals surface area contributed by atoms with Gasteiger partial charge in [0.05, 0.1) is 5.41 Å². The summed E-state index contributed by atoms with van der Waals surface area (Å²) in [7, 11) is 0. The fraction of sp³-hybridized carbons (Fsp3) is 0.552. The second-order valence-corrected chi connectivity index (χ2v) is 12.5. The SMILES string of the molecule is CC(O)Oc1ccc(CCNC(=O)C23CC4CC(C2)CC(c2ccc(I)cc2)(C4)C3)cc1OC(C)O. The fourth-order valence-corrected chi connectivity index (χ4v) is 7.80. The van der Waals surface area contributed by atoms with Gasteiger partial charge >= 0.3 is 0 Å². The molecule has 0 radical (unpaired) electrons. The number of carbonyl (C=O) groups is 1. The lowest BCUT2D eigenvalue weighted by atomic mass is 9.42. The van der Waals surface area contributed by atoms with Crippen LogP contribution in [0.2, 0.25) is 0 Å². The lowest BCUT2D eigenvalue weighted by Crippen LogP contribution is -2.59. The summed E-state index contributed by atoms with van der Waals surface area (Å²) in [6, 6.07) is 14.4. The third-order valence-electron chi connectivity index (χ3n) is 8.30. The zero-order valence-electron chi connectivity index (χ0n) is 21.0. The van der Waals surface area contributed by atoms with E-state index in [4.69, 9.17) is 9.47 Å². The van der Waals surface area contributed by atoms with E-state index >= 15 is 0 Å². The standard InChI is InChI=1S/C29H36INO5/c1-18(32)35-25-8-3-20(12-26(25)36-19(2)33)9-10-31-27(34)29-15-21-11-22(16-29)14-28(13-21,17-29)23-4-6-24(30)7-5-23/h3-8,12,18-19,21-22,32-33H,9-11,13-17H2,1-2H3,(H,31,34). The number of amides is 1. The molecule has 6 nitrogen and oxygen atoms in total. The Morgan fingerprint density at radius 3 is 2.28 bits per heavy atom.